The van der Waals surface area contributed by atoms with Gasteiger partial charge in [0.15, 0.2) is 0 Å². The van der Waals surface area contributed by atoms with Crippen LogP contribution in [0.15, 0.2) is 54.1 Å². The van der Waals surface area contributed by atoms with Gasteiger partial charge < -0.3 is 15.2 Å². The van der Waals surface area contributed by atoms with E-state index in [4.69, 9.17) is 16.3 Å². The van der Waals surface area contributed by atoms with Gasteiger partial charge in [-0.15, -0.1) is 0 Å². The number of ether oxygens (including phenoxy) is 1. The summed E-state index contributed by atoms with van der Waals surface area (Å²) in [6.45, 7) is 2.33. The molecule has 2 aliphatic rings. The fraction of sp³-hybridized carbons (Fsp3) is 0.444. The lowest BCUT2D eigenvalue weighted by atomic mass is 9.61. The third kappa shape index (κ3) is 4.06. The van der Waals surface area contributed by atoms with E-state index in [1.807, 2.05) is 24.3 Å². The molecule has 1 saturated carbocycles. The highest BCUT2D eigenvalue weighted by Crippen LogP contribution is 2.55. The Hall–Kier alpha value is -2.30. The normalized spacial score (nSPS) is 25.2. The highest BCUT2D eigenvalue weighted by atomic mass is 35.5. The molecule has 0 amide bonds. The summed E-state index contributed by atoms with van der Waals surface area (Å²) >= 11 is 6.19. The van der Waals surface area contributed by atoms with Gasteiger partial charge in [0, 0.05) is 22.7 Å². The largest absolute Gasteiger partial charge is 0.467 e. The summed E-state index contributed by atoms with van der Waals surface area (Å²) in [5.74, 6) is 0.0234. The highest BCUT2D eigenvalue weighted by molar-refractivity contribution is 6.30. The first-order chi connectivity index (χ1) is 15.5. The van der Waals surface area contributed by atoms with Crippen LogP contribution in [0.2, 0.25) is 5.02 Å². The molecule has 170 valence electrons. The molecular weight excluding hydrogens is 422 g/mol. The first-order valence-electron chi connectivity index (χ1n) is 11.5. The first kappa shape index (κ1) is 22.9. The molecule has 0 bridgehead atoms. The van der Waals surface area contributed by atoms with Crippen molar-refractivity contribution < 1.29 is 14.6 Å². The average Bonchev–Trinajstić information content (AvgIpc) is 3.11. The highest BCUT2D eigenvalue weighted by Gasteiger charge is 2.51. The molecule has 4 nitrogen and oxygen atoms in total. The van der Waals surface area contributed by atoms with Crippen LogP contribution in [-0.4, -0.2) is 30.3 Å². The second kappa shape index (κ2) is 9.29. The van der Waals surface area contributed by atoms with E-state index in [-0.39, 0.29) is 23.9 Å². The average molecular weight is 454 g/mol. The van der Waals surface area contributed by atoms with E-state index in [2.05, 4.69) is 42.6 Å². The number of hydrogen-bond donors (Lipinski definition) is 2. The number of carbonyl (C=O) groups is 1. The molecule has 0 radical (unpaired) electrons. The number of carbonyl (C=O) groups excluding carboxylic acids is 1. The summed E-state index contributed by atoms with van der Waals surface area (Å²) in [5, 5.41) is 14.0. The number of anilines is 1. The van der Waals surface area contributed by atoms with Gasteiger partial charge in [0.05, 0.1) is 7.11 Å². The van der Waals surface area contributed by atoms with Crippen LogP contribution in [0.1, 0.15) is 56.6 Å². The van der Waals surface area contributed by atoms with Crippen LogP contribution in [-0.2, 0) is 14.9 Å². The Morgan fingerprint density at radius 3 is 2.56 bits per heavy atom. The van der Waals surface area contributed by atoms with Gasteiger partial charge in [-0.2, -0.15) is 0 Å². The molecule has 5 heteroatoms. The van der Waals surface area contributed by atoms with Gasteiger partial charge in [0.25, 0.3) is 0 Å². The quantitative estimate of drug-likeness (QED) is 0.506. The lowest BCUT2D eigenvalue weighted by molar-refractivity contribution is -0.147. The van der Waals surface area contributed by atoms with Crippen molar-refractivity contribution in [3.63, 3.8) is 0 Å². The summed E-state index contributed by atoms with van der Waals surface area (Å²) in [6, 6.07) is 16.1. The van der Waals surface area contributed by atoms with Crippen molar-refractivity contribution in [2.75, 3.05) is 19.0 Å². The summed E-state index contributed by atoms with van der Waals surface area (Å²) in [6.07, 6.45) is 7.17. The minimum atomic E-state index is -0.783. The van der Waals surface area contributed by atoms with Crippen molar-refractivity contribution in [3.8, 4) is 0 Å². The lowest BCUT2D eigenvalue weighted by Gasteiger charge is -2.46. The number of esters is 1. The molecule has 1 atom stereocenters. The van der Waals surface area contributed by atoms with Crippen molar-refractivity contribution in [3.05, 3.63) is 70.3 Å². The van der Waals surface area contributed by atoms with Crippen LogP contribution >= 0.6 is 11.6 Å². The second-order valence-electron chi connectivity index (χ2n) is 9.21. The van der Waals surface area contributed by atoms with Crippen LogP contribution in [0.5, 0.6) is 0 Å². The smallest absolute Gasteiger partial charge is 0.331 e. The zero-order valence-corrected chi connectivity index (χ0v) is 19.6. The van der Waals surface area contributed by atoms with E-state index in [1.165, 1.54) is 23.8 Å². The molecule has 2 aromatic rings. The number of fused-ring (bicyclic) bond motifs is 2. The molecule has 32 heavy (non-hydrogen) atoms. The van der Waals surface area contributed by atoms with Gasteiger partial charge in [-0.1, -0.05) is 66.9 Å². The third-order valence-electron chi connectivity index (χ3n) is 7.51. The predicted molar refractivity (Wildman–Crippen MR) is 130 cm³/mol. The molecule has 0 aliphatic heterocycles. The Bertz CT molecular complexity index is 1000. The fourth-order valence-corrected chi connectivity index (χ4v) is 5.76. The SMILES string of the molecule is CC[C@H](CO)CC1=Cc2ccccc2C12CCC(Nc1cccc(Cl)c1)(C(=O)OC)CC2. The molecule has 2 N–H and O–H groups in total. The van der Waals surface area contributed by atoms with Gasteiger partial charge in [-0.3, -0.25) is 0 Å². The molecule has 2 aliphatic carbocycles. The van der Waals surface area contributed by atoms with Crippen molar-refractivity contribution >= 4 is 29.3 Å². The van der Waals surface area contributed by atoms with Crippen LogP contribution in [0.3, 0.4) is 0 Å². The summed E-state index contributed by atoms with van der Waals surface area (Å²) in [4.78, 5) is 13.0. The number of aliphatic hydroxyl groups is 1. The van der Waals surface area contributed by atoms with Crippen molar-refractivity contribution in [2.24, 2.45) is 5.92 Å². The zero-order chi connectivity index (χ0) is 22.8. The Balaban J connectivity index is 1.66. The Morgan fingerprint density at radius 1 is 1.16 bits per heavy atom. The van der Waals surface area contributed by atoms with Gasteiger partial charge in [0.2, 0.25) is 0 Å². The van der Waals surface area contributed by atoms with Crippen LogP contribution in [0.4, 0.5) is 5.69 Å². The van der Waals surface area contributed by atoms with Gasteiger partial charge >= 0.3 is 5.97 Å². The van der Waals surface area contributed by atoms with Gasteiger partial charge in [-0.25, -0.2) is 4.79 Å². The molecule has 0 saturated heterocycles. The minimum Gasteiger partial charge on any atom is -0.467 e. The Labute approximate surface area is 195 Å². The number of aliphatic hydroxyl groups excluding tert-OH is 1. The van der Waals surface area contributed by atoms with E-state index in [0.29, 0.717) is 17.9 Å². The molecule has 0 heterocycles. The summed E-state index contributed by atoms with van der Waals surface area (Å²) in [5.41, 5.74) is 3.96. The number of benzene rings is 2. The zero-order valence-electron chi connectivity index (χ0n) is 18.9. The molecule has 0 unspecified atom stereocenters. The molecule has 4 rings (SSSR count). The number of allylic oxidation sites excluding steroid dienone is 1. The summed E-state index contributed by atoms with van der Waals surface area (Å²) in [7, 11) is 1.46. The predicted octanol–water partition coefficient (Wildman–Crippen LogP) is 5.98. The van der Waals surface area contributed by atoms with Gasteiger partial charge in [0.1, 0.15) is 5.54 Å². The van der Waals surface area contributed by atoms with E-state index >= 15 is 0 Å². The number of halogens is 1. The van der Waals surface area contributed by atoms with Crippen LogP contribution < -0.4 is 5.32 Å². The summed E-state index contributed by atoms with van der Waals surface area (Å²) < 4.78 is 5.26. The van der Waals surface area contributed by atoms with E-state index in [0.717, 1.165) is 31.4 Å². The number of rotatable bonds is 7. The van der Waals surface area contributed by atoms with Crippen molar-refractivity contribution in [2.45, 2.75) is 56.4 Å². The third-order valence-corrected chi connectivity index (χ3v) is 7.74. The minimum absolute atomic E-state index is 0.0906. The van der Waals surface area contributed by atoms with Crippen molar-refractivity contribution in [1.82, 2.24) is 0 Å². The monoisotopic (exact) mass is 453 g/mol. The van der Waals surface area contributed by atoms with Gasteiger partial charge in [-0.05, 0) is 67.3 Å². The molecule has 2 aromatic carbocycles. The fourth-order valence-electron chi connectivity index (χ4n) is 5.57. The van der Waals surface area contributed by atoms with Crippen molar-refractivity contribution in [1.29, 1.82) is 0 Å². The number of nitrogens with one attached hydrogen (secondary N) is 1. The maximum absolute atomic E-state index is 13.0. The van der Waals surface area contributed by atoms with Crippen LogP contribution in [0.25, 0.3) is 6.08 Å². The number of hydrogen-bond acceptors (Lipinski definition) is 4. The Kier molecular flexibility index (Phi) is 6.64. The van der Waals surface area contributed by atoms with Crippen LogP contribution in [0, 0.1) is 5.92 Å². The van der Waals surface area contributed by atoms with E-state index in [9.17, 15) is 9.90 Å². The molecule has 0 aromatic heterocycles. The molecular formula is C27H32ClNO3. The van der Waals surface area contributed by atoms with E-state index in [1.54, 1.807) is 0 Å². The Morgan fingerprint density at radius 2 is 1.91 bits per heavy atom. The molecule has 1 spiro atoms. The lowest BCUT2D eigenvalue weighted by Crippen LogP contribution is -2.52. The standard InChI is InChI=1S/C27H32ClNO3/c1-3-19(18-30)15-21-16-20-7-4-5-10-24(20)26(21)11-13-27(14-12-26,25(31)32-2)29-23-9-6-8-22(28)17-23/h4-10,16-17,19,29-30H,3,11-15,18H2,1-2H3/t19-,26?,27?/m0/s1. The first-order valence-corrected chi connectivity index (χ1v) is 11.9. The van der Waals surface area contributed by atoms with E-state index < -0.39 is 5.54 Å². The number of methoxy groups -OCH3 is 1. The maximum atomic E-state index is 13.0. The molecule has 1 fully saturated rings. The second-order valence-corrected chi connectivity index (χ2v) is 9.65. The maximum Gasteiger partial charge on any atom is 0.331 e. The topological polar surface area (TPSA) is 58.6 Å².